The van der Waals surface area contributed by atoms with E-state index in [0.717, 1.165) is 12.1 Å². The Kier molecular flexibility index (Phi) is 13.2. The normalized spacial score (nSPS) is 11.9. The highest BCUT2D eigenvalue weighted by atomic mass is 127. The van der Waals surface area contributed by atoms with Crippen LogP contribution < -0.4 is 25.4 Å². The van der Waals surface area contributed by atoms with Gasteiger partial charge in [-0.3, -0.25) is 4.99 Å². The third-order valence-corrected chi connectivity index (χ3v) is 3.74. The molecular weight excluding hydrogens is 475 g/mol. The van der Waals surface area contributed by atoms with Gasteiger partial charge in [-0.1, -0.05) is 13.8 Å². The number of nitrogens with zero attached hydrogens (tertiary/aromatic N) is 1. The number of carbonyl (C=O) groups excluding carboxylic acids is 1. The molecule has 1 rings (SSSR count). The summed E-state index contributed by atoms with van der Waals surface area (Å²) < 4.78 is 15.5. The fourth-order valence-electron chi connectivity index (χ4n) is 2.55. The molecule has 0 heterocycles. The fourth-order valence-corrected chi connectivity index (χ4v) is 2.55. The molecule has 1 unspecified atom stereocenters. The number of anilines is 1. The van der Waals surface area contributed by atoms with E-state index in [4.69, 9.17) is 14.2 Å². The Morgan fingerprint density at radius 1 is 1.18 bits per heavy atom. The SMILES string of the molecule is CCOC(=O)NC(CNC(=NC)Nc1ccc(OC)c(OC)c1)CC(C)C.I. The molecule has 0 spiro atoms. The van der Waals surface area contributed by atoms with Crippen LogP contribution in [0, 0.1) is 5.92 Å². The Bertz CT molecular complexity index is 626. The molecule has 0 aliphatic heterocycles. The van der Waals surface area contributed by atoms with Crippen molar-refractivity contribution in [3.05, 3.63) is 18.2 Å². The number of hydrogen-bond acceptors (Lipinski definition) is 5. The first-order valence-corrected chi connectivity index (χ1v) is 9.06. The lowest BCUT2D eigenvalue weighted by molar-refractivity contribution is 0.146. The van der Waals surface area contributed by atoms with E-state index in [-0.39, 0.29) is 30.0 Å². The van der Waals surface area contributed by atoms with Crippen LogP contribution in [0.5, 0.6) is 11.5 Å². The van der Waals surface area contributed by atoms with Crippen molar-refractivity contribution in [2.75, 3.05) is 39.7 Å². The number of hydrogen-bond donors (Lipinski definition) is 3. The van der Waals surface area contributed by atoms with Crippen molar-refractivity contribution in [1.29, 1.82) is 0 Å². The largest absolute Gasteiger partial charge is 0.493 e. The maximum Gasteiger partial charge on any atom is 0.407 e. The smallest absolute Gasteiger partial charge is 0.407 e. The highest BCUT2D eigenvalue weighted by molar-refractivity contribution is 14.0. The molecule has 0 saturated carbocycles. The van der Waals surface area contributed by atoms with Crippen molar-refractivity contribution < 1.29 is 19.0 Å². The molecule has 1 aromatic rings. The Morgan fingerprint density at radius 3 is 2.39 bits per heavy atom. The molecule has 0 saturated heterocycles. The van der Waals surface area contributed by atoms with Crippen molar-refractivity contribution in [1.82, 2.24) is 10.6 Å². The quantitative estimate of drug-likeness (QED) is 0.269. The first-order chi connectivity index (χ1) is 12.9. The van der Waals surface area contributed by atoms with Crippen molar-refractivity contribution in [3.63, 3.8) is 0 Å². The summed E-state index contributed by atoms with van der Waals surface area (Å²) in [6, 6.07) is 5.44. The second kappa shape index (κ2) is 14.1. The summed E-state index contributed by atoms with van der Waals surface area (Å²) in [5, 5.41) is 9.32. The van der Waals surface area contributed by atoms with Gasteiger partial charge in [0.2, 0.25) is 0 Å². The van der Waals surface area contributed by atoms with Crippen LogP contribution >= 0.6 is 24.0 Å². The lowest BCUT2D eigenvalue weighted by Crippen LogP contribution is -2.46. The number of guanidine groups is 1. The van der Waals surface area contributed by atoms with E-state index < -0.39 is 6.09 Å². The van der Waals surface area contributed by atoms with Gasteiger partial charge in [0.1, 0.15) is 0 Å². The second-order valence-corrected chi connectivity index (χ2v) is 6.34. The van der Waals surface area contributed by atoms with Gasteiger partial charge in [-0.05, 0) is 31.4 Å². The topological polar surface area (TPSA) is 93.2 Å². The minimum atomic E-state index is -0.409. The number of halogens is 1. The first kappa shape index (κ1) is 26.1. The second-order valence-electron chi connectivity index (χ2n) is 6.34. The summed E-state index contributed by atoms with van der Waals surface area (Å²) in [6.45, 7) is 6.86. The third kappa shape index (κ3) is 9.34. The molecule has 0 bridgehead atoms. The van der Waals surface area contributed by atoms with Crippen LogP contribution in [0.15, 0.2) is 23.2 Å². The van der Waals surface area contributed by atoms with Gasteiger partial charge in [0.25, 0.3) is 0 Å². The molecule has 28 heavy (non-hydrogen) atoms. The van der Waals surface area contributed by atoms with Crippen LogP contribution in [0.4, 0.5) is 10.5 Å². The number of alkyl carbamates (subject to hydrolysis) is 1. The van der Waals surface area contributed by atoms with Gasteiger partial charge in [0.05, 0.1) is 20.8 Å². The van der Waals surface area contributed by atoms with Crippen molar-refractivity contribution in [2.45, 2.75) is 33.2 Å². The zero-order chi connectivity index (χ0) is 20.2. The predicted molar refractivity (Wildman–Crippen MR) is 123 cm³/mol. The van der Waals surface area contributed by atoms with Gasteiger partial charge in [-0.2, -0.15) is 0 Å². The van der Waals surface area contributed by atoms with Gasteiger partial charge in [0.15, 0.2) is 17.5 Å². The molecule has 0 aliphatic rings. The predicted octanol–water partition coefficient (Wildman–Crippen LogP) is 3.47. The van der Waals surface area contributed by atoms with Crippen molar-refractivity contribution in [2.24, 2.45) is 10.9 Å². The van der Waals surface area contributed by atoms with E-state index in [9.17, 15) is 4.79 Å². The number of amides is 1. The molecule has 9 heteroatoms. The summed E-state index contributed by atoms with van der Waals surface area (Å²) in [5.41, 5.74) is 0.805. The maximum absolute atomic E-state index is 11.7. The number of benzene rings is 1. The number of ether oxygens (including phenoxy) is 3. The highest BCUT2D eigenvalue weighted by Crippen LogP contribution is 2.29. The van der Waals surface area contributed by atoms with Crippen LogP contribution in [0.25, 0.3) is 0 Å². The Morgan fingerprint density at radius 2 is 1.86 bits per heavy atom. The van der Waals surface area contributed by atoms with E-state index in [1.165, 1.54) is 0 Å². The molecule has 160 valence electrons. The fraction of sp³-hybridized carbons (Fsp3) is 0.579. The molecule has 0 aliphatic carbocycles. The molecule has 1 aromatic carbocycles. The van der Waals surface area contributed by atoms with Crippen LogP contribution in [-0.2, 0) is 4.74 Å². The lowest BCUT2D eigenvalue weighted by Gasteiger charge is -2.22. The average Bonchev–Trinajstić information content (AvgIpc) is 2.64. The standard InChI is InChI=1S/C19H32N4O4.HI/c1-7-27-19(24)23-15(10-13(2)3)12-21-18(20-4)22-14-8-9-16(25-5)17(11-14)26-6;/h8-9,11,13,15H,7,10,12H2,1-6H3,(H,23,24)(H2,20,21,22);1H. The summed E-state index contributed by atoms with van der Waals surface area (Å²) in [4.78, 5) is 16.0. The van der Waals surface area contributed by atoms with E-state index in [0.29, 0.717) is 36.5 Å². The lowest BCUT2D eigenvalue weighted by atomic mass is 10.0. The first-order valence-electron chi connectivity index (χ1n) is 9.06. The van der Waals surface area contributed by atoms with Gasteiger partial charge in [-0.15, -0.1) is 24.0 Å². The Balaban J connectivity index is 0.00000729. The molecule has 1 amide bonds. The number of carbonyl (C=O) groups is 1. The van der Waals surface area contributed by atoms with Crippen LogP contribution in [0.1, 0.15) is 27.2 Å². The molecular formula is C19H33IN4O4. The summed E-state index contributed by atoms with van der Waals surface area (Å²) in [5.74, 6) is 2.29. The average molecular weight is 508 g/mol. The van der Waals surface area contributed by atoms with Crippen molar-refractivity contribution in [3.8, 4) is 11.5 Å². The number of methoxy groups -OCH3 is 2. The van der Waals surface area contributed by atoms with E-state index >= 15 is 0 Å². The summed E-state index contributed by atoms with van der Waals surface area (Å²) in [6.07, 6.45) is 0.409. The van der Waals surface area contributed by atoms with Gasteiger partial charge in [0, 0.05) is 31.4 Å². The third-order valence-electron chi connectivity index (χ3n) is 3.74. The summed E-state index contributed by atoms with van der Waals surface area (Å²) >= 11 is 0. The van der Waals surface area contributed by atoms with E-state index in [1.54, 1.807) is 28.2 Å². The van der Waals surface area contributed by atoms with Crippen LogP contribution in [0.3, 0.4) is 0 Å². The van der Waals surface area contributed by atoms with E-state index in [2.05, 4.69) is 34.8 Å². The monoisotopic (exact) mass is 508 g/mol. The van der Waals surface area contributed by atoms with Crippen LogP contribution in [-0.4, -0.2) is 52.5 Å². The van der Waals surface area contributed by atoms with Crippen molar-refractivity contribution >= 4 is 41.7 Å². The molecule has 0 fully saturated rings. The molecule has 8 nitrogen and oxygen atoms in total. The van der Waals surface area contributed by atoms with Gasteiger partial charge >= 0.3 is 6.09 Å². The zero-order valence-corrected chi connectivity index (χ0v) is 19.8. The van der Waals surface area contributed by atoms with E-state index in [1.807, 2.05) is 18.2 Å². The maximum atomic E-state index is 11.7. The molecule has 0 radical (unpaired) electrons. The molecule has 0 aromatic heterocycles. The minimum Gasteiger partial charge on any atom is -0.493 e. The number of aliphatic imine (C=N–C) groups is 1. The number of nitrogens with one attached hydrogen (secondary N) is 3. The summed E-state index contributed by atoms with van der Waals surface area (Å²) in [7, 11) is 4.87. The number of rotatable bonds is 9. The van der Waals surface area contributed by atoms with Gasteiger partial charge in [-0.25, -0.2) is 4.79 Å². The Hall–Kier alpha value is -1.91. The Labute approximate surface area is 184 Å². The minimum absolute atomic E-state index is 0. The highest BCUT2D eigenvalue weighted by Gasteiger charge is 2.15. The van der Waals surface area contributed by atoms with Crippen LogP contribution in [0.2, 0.25) is 0 Å². The van der Waals surface area contributed by atoms with Gasteiger partial charge < -0.3 is 30.2 Å². The molecule has 3 N–H and O–H groups in total. The molecule has 1 atom stereocenters. The zero-order valence-electron chi connectivity index (χ0n) is 17.5.